The van der Waals surface area contributed by atoms with Crippen molar-refractivity contribution in [2.24, 2.45) is 0 Å². The van der Waals surface area contributed by atoms with E-state index in [-0.39, 0.29) is 10.6 Å². The van der Waals surface area contributed by atoms with Gasteiger partial charge in [-0.25, -0.2) is 13.1 Å². The zero-order valence-electron chi connectivity index (χ0n) is 12.5. The van der Waals surface area contributed by atoms with E-state index in [9.17, 15) is 8.42 Å². The van der Waals surface area contributed by atoms with Crippen LogP contribution in [-0.2, 0) is 10.0 Å². The first-order chi connectivity index (χ1) is 9.77. The summed E-state index contributed by atoms with van der Waals surface area (Å²) >= 11 is 3.25. The molecular weight excluding hydrogens is 358 g/mol. The molecule has 0 saturated carbocycles. The molecule has 0 radical (unpaired) electrons. The molecular formula is C13H22BrN3O3S. The molecule has 0 saturated heterocycles. The molecule has 6 nitrogen and oxygen atoms in total. The van der Waals surface area contributed by atoms with Gasteiger partial charge in [0, 0.05) is 16.7 Å². The van der Waals surface area contributed by atoms with E-state index in [1.165, 1.54) is 13.2 Å². The minimum atomic E-state index is -3.63. The Balaban J connectivity index is 2.76. The number of methoxy groups -OCH3 is 1. The Morgan fingerprint density at radius 2 is 2.00 bits per heavy atom. The molecule has 0 aliphatic heterocycles. The molecule has 0 aliphatic carbocycles. The Hall–Kier alpha value is -0.830. The molecule has 3 N–H and O–H groups in total. The number of benzene rings is 1. The van der Waals surface area contributed by atoms with Crippen LogP contribution in [0, 0.1) is 0 Å². The Bertz CT molecular complexity index is 576. The standard InChI is InChI=1S/C13H22BrN3O3S/c1-17(2)7-5-4-6-16-21(18,19)13-9-11(15)10(14)8-12(13)20-3/h8-9,16H,4-7,15H2,1-3H3. The highest BCUT2D eigenvalue weighted by Crippen LogP contribution is 2.32. The number of nitrogens with one attached hydrogen (secondary N) is 1. The van der Waals surface area contributed by atoms with Gasteiger partial charge >= 0.3 is 0 Å². The van der Waals surface area contributed by atoms with Crippen molar-refractivity contribution in [3.8, 4) is 5.75 Å². The van der Waals surface area contributed by atoms with Crippen molar-refractivity contribution in [2.45, 2.75) is 17.7 Å². The fraction of sp³-hybridized carbons (Fsp3) is 0.538. The molecule has 0 amide bonds. The normalized spacial score (nSPS) is 11.9. The molecule has 0 bridgehead atoms. The van der Waals surface area contributed by atoms with Crippen LogP contribution in [0.3, 0.4) is 0 Å². The van der Waals surface area contributed by atoms with Crippen LogP contribution < -0.4 is 15.2 Å². The number of ether oxygens (including phenoxy) is 1. The maximum Gasteiger partial charge on any atom is 0.244 e. The van der Waals surface area contributed by atoms with E-state index in [0.717, 1.165) is 19.4 Å². The average Bonchev–Trinajstić information content (AvgIpc) is 2.40. The zero-order valence-corrected chi connectivity index (χ0v) is 14.9. The second-order valence-electron chi connectivity index (χ2n) is 4.93. The number of nitrogen functional groups attached to an aromatic ring is 1. The highest BCUT2D eigenvalue weighted by atomic mass is 79.9. The van der Waals surface area contributed by atoms with Crippen LogP contribution in [-0.4, -0.2) is 47.6 Å². The van der Waals surface area contributed by atoms with Crippen LogP contribution >= 0.6 is 15.9 Å². The Labute approximate surface area is 134 Å². The number of anilines is 1. The summed E-state index contributed by atoms with van der Waals surface area (Å²) in [7, 11) is 1.76. The number of hydrogen-bond donors (Lipinski definition) is 2. The van der Waals surface area contributed by atoms with Gasteiger partial charge < -0.3 is 15.4 Å². The molecule has 0 heterocycles. The van der Waals surface area contributed by atoms with E-state index < -0.39 is 10.0 Å². The molecule has 21 heavy (non-hydrogen) atoms. The lowest BCUT2D eigenvalue weighted by atomic mass is 10.3. The first kappa shape index (κ1) is 18.2. The third-order valence-electron chi connectivity index (χ3n) is 2.90. The minimum Gasteiger partial charge on any atom is -0.495 e. The number of unbranched alkanes of at least 4 members (excludes halogenated alkanes) is 1. The number of halogens is 1. The van der Waals surface area contributed by atoms with E-state index >= 15 is 0 Å². The first-order valence-electron chi connectivity index (χ1n) is 6.55. The number of nitrogens with two attached hydrogens (primary N) is 1. The summed E-state index contributed by atoms with van der Waals surface area (Å²) in [5.74, 6) is 0.261. The van der Waals surface area contributed by atoms with E-state index in [2.05, 4.69) is 25.6 Å². The quantitative estimate of drug-likeness (QED) is 0.529. The largest absolute Gasteiger partial charge is 0.495 e. The molecule has 0 aliphatic rings. The summed E-state index contributed by atoms with van der Waals surface area (Å²) in [4.78, 5) is 2.12. The zero-order chi connectivity index (χ0) is 16.0. The monoisotopic (exact) mass is 379 g/mol. The van der Waals surface area contributed by atoms with Gasteiger partial charge in [-0.3, -0.25) is 0 Å². The van der Waals surface area contributed by atoms with Gasteiger partial charge in [-0.2, -0.15) is 0 Å². The van der Waals surface area contributed by atoms with Crippen molar-refractivity contribution >= 4 is 31.6 Å². The van der Waals surface area contributed by atoms with E-state index in [4.69, 9.17) is 10.5 Å². The lowest BCUT2D eigenvalue weighted by Gasteiger charge is -2.13. The summed E-state index contributed by atoms with van der Waals surface area (Å²) in [5.41, 5.74) is 6.10. The van der Waals surface area contributed by atoms with Gasteiger partial charge in [0.15, 0.2) is 0 Å². The maximum atomic E-state index is 12.3. The topological polar surface area (TPSA) is 84.7 Å². The van der Waals surface area contributed by atoms with Crippen LogP contribution in [0.1, 0.15) is 12.8 Å². The first-order valence-corrected chi connectivity index (χ1v) is 8.83. The van der Waals surface area contributed by atoms with Crippen LogP contribution in [0.2, 0.25) is 0 Å². The lowest BCUT2D eigenvalue weighted by molar-refractivity contribution is 0.394. The predicted octanol–water partition coefficient (Wildman–Crippen LogP) is 1.66. The predicted molar refractivity (Wildman–Crippen MR) is 88.1 cm³/mol. The van der Waals surface area contributed by atoms with Gasteiger partial charge in [0.25, 0.3) is 0 Å². The fourth-order valence-corrected chi connectivity index (χ4v) is 3.34. The third kappa shape index (κ3) is 5.46. The molecule has 0 atom stereocenters. The van der Waals surface area contributed by atoms with Gasteiger partial charge in [0.1, 0.15) is 10.6 Å². The summed E-state index contributed by atoms with van der Waals surface area (Å²) in [5, 5.41) is 0. The van der Waals surface area contributed by atoms with Crippen LogP contribution in [0.4, 0.5) is 5.69 Å². The van der Waals surface area contributed by atoms with Crippen molar-refractivity contribution < 1.29 is 13.2 Å². The number of hydrogen-bond acceptors (Lipinski definition) is 5. The summed E-state index contributed by atoms with van der Waals surface area (Å²) in [6.45, 7) is 1.31. The third-order valence-corrected chi connectivity index (χ3v) is 5.07. The highest BCUT2D eigenvalue weighted by molar-refractivity contribution is 9.10. The number of rotatable bonds is 8. The SMILES string of the molecule is COc1cc(Br)c(N)cc1S(=O)(=O)NCCCCN(C)C. The fourth-order valence-electron chi connectivity index (χ4n) is 1.76. The molecule has 0 fully saturated rings. The molecule has 0 aromatic heterocycles. The molecule has 120 valence electrons. The van der Waals surface area contributed by atoms with Crippen molar-refractivity contribution in [1.82, 2.24) is 9.62 Å². The lowest BCUT2D eigenvalue weighted by Crippen LogP contribution is -2.26. The van der Waals surface area contributed by atoms with Crippen LogP contribution in [0.5, 0.6) is 5.75 Å². The highest BCUT2D eigenvalue weighted by Gasteiger charge is 2.20. The summed E-state index contributed by atoms with van der Waals surface area (Å²) in [6, 6.07) is 2.95. The second-order valence-corrected chi connectivity index (χ2v) is 7.52. The summed E-state index contributed by atoms with van der Waals surface area (Å²) in [6.07, 6.45) is 1.70. The van der Waals surface area contributed by atoms with Crippen molar-refractivity contribution in [3.05, 3.63) is 16.6 Å². The molecule has 8 heteroatoms. The van der Waals surface area contributed by atoms with Crippen molar-refractivity contribution in [1.29, 1.82) is 0 Å². The van der Waals surface area contributed by atoms with Gasteiger partial charge in [0.05, 0.1) is 7.11 Å². The minimum absolute atomic E-state index is 0.0540. The van der Waals surface area contributed by atoms with Gasteiger partial charge in [-0.15, -0.1) is 0 Å². The Morgan fingerprint density at radius 3 is 2.57 bits per heavy atom. The van der Waals surface area contributed by atoms with Crippen molar-refractivity contribution in [2.75, 3.05) is 40.0 Å². The average molecular weight is 380 g/mol. The Kier molecular flexibility index (Phi) is 6.92. The van der Waals surface area contributed by atoms with E-state index in [1.807, 2.05) is 14.1 Å². The maximum absolute atomic E-state index is 12.3. The van der Waals surface area contributed by atoms with E-state index in [1.54, 1.807) is 6.07 Å². The molecule has 1 aromatic carbocycles. The van der Waals surface area contributed by atoms with Crippen molar-refractivity contribution in [3.63, 3.8) is 0 Å². The van der Waals surface area contributed by atoms with Gasteiger partial charge in [-0.1, -0.05) is 0 Å². The number of nitrogens with zero attached hydrogens (tertiary/aromatic N) is 1. The van der Waals surface area contributed by atoms with Gasteiger partial charge in [0.2, 0.25) is 10.0 Å². The summed E-state index contributed by atoms with van der Waals surface area (Å²) < 4.78 is 32.9. The number of sulfonamides is 1. The second kappa shape index (κ2) is 7.98. The van der Waals surface area contributed by atoms with Crippen LogP contribution in [0.15, 0.2) is 21.5 Å². The van der Waals surface area contributed by atoms with Crippen LogP contribution in [0.25, 0.3) is 0 Å². The molecule has 1 rings (SSSR count). The molecule has 0 unspecified atom stereocenters. The Morgan fingerprint density at radius 1 is 1.33 bits per heavy atom. The smallest absolute Gasteiger partial charge is 0.244 e. The molecule has 0 spiro atoms. The molecule has 1 aromatic rings. The van der Waals surface area contributed by atoms with Gasteiger partial charge in [-0.05, 0) is 61.5 Å². The van der Waals surface area contributed by atoms with E-state index in [0.29, 0.717) is 16.7 Å².